The minimum Gasteiger partial charge on any atom is -0.256 e. The average Bonchev–Trinajstić information content (AvgIpc) is 2.54. The van der Waals surface area contributed by atoms with Crippen LogP contribution in [-0.2, 0) is 6.42 Å². The Labute approximate surface area is 109 Å². The minimum atomic E-state index is 0.134. The molecule has 3 rings (SSSR count). The molecule has 0 atom stereocenters. The molecule has 0 saturated heterocycles. The van der Waals surface area contributed by atoms with Crippen LogP contribution in [0.3, 0.4) is 0 Å². The van der Waals surface area contributed by atoms with Crippen LogP contribution in [0.1, 0.15) is 5.56 Å². The van der Waals surface area contributed by atoms with Crippen molar-refractivity contribution in [2.24, 2.45) is 15.0 Å². The summed E-state index contributed by atoms with van der Waals surface area (Å²) in [5.41, 5.74) is 2.96. The van der Waals surface area contributed by atoms with Crippen molar-refractivity contribution in [1.29, 1.82) is 5.26 Å². The molecule has 2 heterocycles. The third-order valence-electron chi connectivity index (χ3n) is 2.73. The van der Waals surface area contributed by atoms with E-state index in [9.17, 15) is 0 Å². The molecule has 0 spiro atoms. The van der Waals surface area contributed by atoms with Gasteiger partial charge in [-0.15, -0.1) is 0 Å². The van der Waals surface area contributed by atoms with Crippen LogP contribution in [0.2, 0.25) is 0 Å². The van der Waals surface area contributed by atoms with Gasteiger partial charge in [0.15, 0.2) is 11.0 Å². The van der Waals surface area contributed by atoms with Crippen LogP contribution in [0.25, 0.3) is 0 Å². The molecule has 1 aromatic carbocycles. The van der Waals surface area contributed by atoms with Gasteiger partial charge in [-0.1, -0.05) is 29.8 Å². The Bertz CT molecular complexity index is 689. The first-order chi connectivity index (χ1) is 8.78. The second-order valence-electron chi connectivity index (χ2n) is 3.87. The molecule has 0 fully saturated rings. The topological polar surface area (TPSA) is 60.9 Å². The van der Waals surface area contributed by atoms with Crippen molar-refractivity contribution in [2.75, 3.05) is 0 Å². The summed E-state index contributed by atoms with van der Waals surface area (Å²) in [7, 11) is 0. The van der Waals surface area contributed by atoms with Crippen LogP contribution < -0.4 is 0 Å². The first kappa shape index (κ1) is 10.9. The van der Waals surface area contributed by atoms with Gasteiger partial charge in [-0.05, 0) is 11.6 Å². The Balaban J connectivity index is 2.16. The lowest BCUT2D eigenvalue weighted by atomic mass is 10.0. The number of nitrogens with zero attached hydrogens (tertiary/aromatic N) is 4. The Morgan fingerprint density at radius 2 is 2.06 bits per heavy atom. The molecule has 0 unspecified atom stereocenters. The predicted octanol–water partition coefficient (Wildman–Crippen LogP) is 2.77. The van der Waals surface area contributed by atoms with Crippen LogP contribution in [0.5, 0.6) is 0 Å². The lowest BCUT2D eigenvalue weighted by molar-refractivity contribution is 1.26. The van der Waals surface area contributed by atoms with Gasteiger partial charge in [0.25, 0.3) is 0 Å². The molecule has 4 nitrogen and oxygen atoms in total. The normalized spacial score (nSPS) is 17.1. The summed E-state index contributed by atoms with van der Waals surface area (Å²) in [6, 6.07) is 9.77. The van der Waals surface area contributed by atoms with Crippen molar-refractivity contribution >= 4 is 34.0 Å². The number of rotatable bonds is 0. The summed E-state index contributed by atoms with van der Waals surface area (Å²) in [5, 5.41) is 9.03. The summed E-state index contributed by atoms with van der Waals surface area (Å²) in [4.78, 5) is 12.8. The van der Waals surface area contributed by atoms with Gasteiger partial charge >= 0.3 is 0 Å². The highest BCUT2D eigenvalue weighted by molar-refractivity contribution is 6.72. The molecule has 0 N–H and O–H groups in total. The largest absolute Gasteiger partial charge is 0.256 e. The molecule has 2 aliphatic rings. The smallest absolute Gasteiger partial charge is 0.176 e. The van der Waals surface area contributed by atoms with Crippen molar-refractivity contribution in [3.8, 4) is 6.07 Å². The van der Waals surface area contributed by atoms with Crippen molar-refractivity contribution in [3.05, 3.63) is 41.6 Å². The van der Waals surface area contributed by atoms with Crippen molar-refractivity contribution in [3.63, 3.8) is 0 Å². The van der Waals surface area contributed by atoms with Crippen LogP contribution in [0.15, 0.2) is 51.0 Å². The van der Waals surface area contributed by atoms with Gasteiger partial charge in [-0.3, -0.25) is 4.99 Å². The van der Waals surface area contributed by atoms with Gasteiger partial charge in [-0.2, -0.15) is 5.26 Å². The number of aliphatic imine (C=N–C) groups is 3. The highest BCUT2D eigenvalue weighted by atomic mass is 35.5. The Morgan fingerprint density at radius 3 is 2.89 bits per heavy atom. The SMILES string of the molecule is N#CC1=CN=C2Cc3ccccc3N=C2N=C1Cl. The zero-order chi connectivity index (χ0) is 12.5. The maximum absolute atomic E-state index is 8.90. The number of para-hydroxylation sites is 1. The fourth-order valence-electron chi connectivity index (χ4n) is 1.82. The summed E-state index contributed by atoms with van der Waals surface area (Å²) < 4.78 is 0. The number of allylic oxidation sites excluding steroid dienone is 1. The molecule has 86 valence electrons. The molecule has 0 aromatic heterocycles. The number of hydrogen-bond acceptors (Lipinski definition) is 4. The van der Waals surface area contributed by atoms with Gasteiger partial charge in [0.2, 0.25) is 0 Å². The third kappa shape index (κ3) is 1.75. The van der Waals surface area contributed by atoms with E-state index in [4.69, 9.17) is 16.9 Å². The van der Waals surface area contributed by atoms with Gasteiger partial charge in [-0.25, -0.2) is 9.98 Å². The number of fused-ring (bicyclic) bond motifs is 2. The average molecular weight is 255 g/mol. The standard InChI is InChI=1S/C13H7ClN4/c14-12-9(6-15)7-16-11-5-8-3-1-2-4-10(8)17-13(11)18-12/h1-4,7H,5H2. The number of amidine groups is 1. The Kier molecular flexibility index (Phi) is 2.54. The number of nitriles is 1. The van der Waals surface area contributed by atoms with Gasteiger partial charge in [0, 0.05) is 12.6 Å². The van der Waals surface area contributed by atoms with E-state index >= 15 is 0 Å². The summed E-state index contributed by atoms with van der Waals surface area (Å²) >= 11 is 5.94. The van der Waals surface area contributed by atoms with E-state index in [2.05, 4.69) is 15.0 Å². The molecular formula is C13H7ClN4. The number of halogens is 1. The van der Waals surface area contributed by atoms with Gasteiger partial charge in [0.05, 0.1) is 11.4 Å². The van der Waals surface area contributed by atoms with Crippen molar-refractivity contribution in [1.82, 2.24) is 0 Å². The fourth-order valence-corrected chi connectivity index (χ4v) is 2.00. The lowest BCUT2D eigenvalue weighted by Gasteiger charge is -2.13. The molecule has 5 heteroatoms. The third-order valence-corrected chi connectivity index (χ3v) is 3.02. The first-order valence-corrected chi connectivity index (χ1v) is 5.74. The van der Waals surface area contributed by atoms with Crippen LogP contribution in [0, 0.1) is 11.3 Å². The van der Waals surface area contributed by atoms with E-state index in [-0.39, 0.29) is 10.7 Å². The molecule has 1 aromatic rings. The lowest BCUT2D eigenvalue weighted by Crippen LogP contribution is -2.18. The van der Waals surface area contributed by atoms with Crippen molar-refractivity contribution in [2.45, 2.75) is 6.42 Å². The first-order valence-electron chi connectivity index (χ1n) is 5.36. The van der Waals surface area contributed by atoms with E-state index in [1.165, 1.54) is 6.20 Å². The highest BCUT2D eigenvalue weighted by Crippen LogP contribution is 2.26. The molecule has 2 aliphatic heterocycles. The monoisotopic (exact) mass is 254 g/mol. The second-order valence-corrected chi connectivity index (χ2v) is 4.23. The van der Waals surface area contributed by atoms with E-state index < -0.39 is 0 Å². The molecule has 18 heavy (non-hydrogen) atoms. The molecule has 0 bridgehead atoms. The maximum Gasteiger partial charge on any atom is 0.176 e. The molecule has 0 aliphatic carbocycles. The van der Waals surface area contributed by atoms with E-state index in [0.29, 0.717) is 12.3 Å². The molecule has 0 amide bonds. The van der Waals surface area contributed by atoms with Gasteiger partial charge in [0.1, 0.15) is 11.6 Å². The zero-order valence-corrected chi connectivity index (χ0v) is 10.0. The zero-order valence-electron chi connectivity index (χ0n) is 9.26. The summed E-state index contributed by atoms with van der Waals surface area (Å²) in [6.45, 7) is 0. The quantitative estimate of drug-likeness (QED) is 0.702. The molecule has 0 radical (unpaired) electrons. The molecule has 0 saturated carbocycles. The fraction of sp³-hybridized carbons (Fsp3) is 0.0769. The van der Waals surface area contributed by atoms with Gasteiger partial charge < -0.3 is 0 Å². The minimum absolute atomic E-state index is 0.134. The number of hydrogen-bond donors (Lipinski definition) is 0. The van der Waals surface area contributed by atoms with Crippen LogP contribution in [-0.4, -0.2) is 16.7 Å². The Hall–Kier alpha value is -2.25. The predicted molar refractivity (Wildman–Crippen MR) is 71.7 cm³/mol. The summed E-state index contributed by atoms with van der Waals surface area (Å²) in [5.74, 6) is 0.486. The van der Waals surface area contributed by atoms with Crippen LogP contribution in [0.4, 0.5) is 5.69 Å². The second kappa shape index (κ2) is 4.21. The molecular weight excluding hydrogens is 248 g/mol. The Morgan fingerprint density at radius 1 is 1.22 bits per heavy atom. The van der Waals surface area contributed by atoms with E-state index in [1.54, 1.807) is 0 Å². The van der Waals surface area contributed by atoms with E-state index in [0.717, 1.165) is 17.0 Å². The van der Waals surface area contributed by atoms with E-state index in [1.807, 2.05) is 30.3 Å². The highest BCUT2D eigenvalue weighted by Gasteiger charge is 2.20. The van der Waals surface area contributed by atoms with Crippen molar-refractivity contribution < 1.29 is 0 Å². The van der Waals surface area contributed by atoms with Crippen LogP contribution >= 0.6 is 11.6 Å². The maximum atomic E-state index is 8.90. The number of benzene rings is 1. The summed E-state index contributed by atoms with van der Waals surface area (Å²) in [6.07, 6.45) is 2.09.